The van der Waals surface area contributed by atoms with Gasteiger partial charge in [0.05, 0.1) is 0 Å². The molecule has 1 amide bonds. The zero-order valence-corrected chi connectivity index (χ0v) is 10.9. The summed E-state index contributed by atoms with van der Waals surface area (Å²) in [5.74, 6) is 1.44. The molecule has 3 heteroatoms. The van der Waals surface area contributed by atoms with Crippen molar-refractivity contribution in [3.63, 3.8) is 0 Å². The Labute approximate surface area is 99.2 Å². The van der Waals surface area contributed by atoms with E-state index in [0.717, 1.165) is 19.4 Å². The Morgan fingerprint density at radius 1 is 1.44 bits per heavy atom. The summed E-state index contributed by atoms with van der Waals surface area (Å²) in [5.41, 5.74) is 5.48. The lowest BCUT2D eigenvalue weighted by Crippen LogP contribution is -2.45. The number of nitrogens with two attached hydrogens (primary N) is 1. The van der Waals surface area contributed by atoms with Crippen LogP contribution >= 0.6 is 0 Å². The fourth-order valence-electron chi connectivity index (χ4n) is 2.14. The zero-order chi connectivity index (χ0) is 12.2. The molecule has 0 radical (unpaired) electrons. The molecule has 1 saturated carbocycles. The number of amides is 1. The smallest absolute Gasteiger partial charge is 0.220 e. The molecule has 0 aromatic rings. The standard InChI is InChI=1S/C13H26N2O/c1-10(8-9-14)4-7-12(16)15-13(2,3)11-5-6-11/h10-11H,4-9,14H2,1-3H3,(H,15,16). The van der Waals surface area contributed by atoms with Gasteiger partial charge in [-0.15, -0.1) is 0 Å². The number of carbonyl (C=O) groups excluding carboxylic acids is 1. The summed E-state index contributed by atoms with van der Waals surface area (Å²) in [6, 6.07) is 0. The first-order chi connectivity index (χ1) is 7.45. The summed E-state index contributed by atoms with van der Waals surface area (Å²) in [7, 11) is 0. The largest absolute Gasteiger partial charge is 0.351 e. The molecule has 3 N–H and O–H groups in total. The number of nitrogens with one attached hydrogen (secondary N) is 1. The van der Waals surface area contributed by atoms with E-state index in [9.17, 15) is 4.79 Å². The second-order valence-corrected chi connectivity index (χ2v) is 5.77. The molecule has 1 rings (SSSR count). The van der Waals surface area contributed by atoms with Gasteiger partial charge < -0.3 is 11.1 Å². The highest BCUT2D eigenvalue weighted by atomic mass is 16.1. The molecule has 0 bridgehead atoms. The average Bonchev–Trinajstić information content (AvgIpc) is 2.97. The summed E-state index contributed by atoms with van der Waals surface area (Å²) in [4.78, 5) is 11.8. The van der Waals surface area contributed by atoms with Gasteiger partial charge in [0.1, 0.15) is 0 Å². The van der Waals surface area contributed by atoms with Gasteiger partial charge in [0.15, 0.2) is 0 Å². The minimum Gasteiger partial charge on any atom is -0.351 e. The van der Waals surface area contributed by atoms with Gasteiger partial charge in [-0.05, 0) is 57.9 Å². The number of carbonyl (C=O) groups is 1. The van der Waals surface area contributed by atoms with Crippen molar-refractivity contribution in [3.05, 3.63) is 0 Å². The monoisotopic (exact) mass is 226 g/mol. The average molecular weight is 226 g/mol. The number of hydrogen-bond acceptors (Lipinski definition) is 2. The summed E-state index contributed by atoms with van der Waals surface area (Å²) in [6.07, 6.45) is 5.12. The molecular weight excluding hydrogens is 200 g/mol. The van der Waals surface area contributed by atoms with Crippen molar-refractivity contribution in [2.24, 2.45) is 17.6 Å². The predicted molar refractivity (Wildman–Crippen MR) is 67.0 cm³/mol. The summed E-state index contributed by atoms with van der Waals surface area (Å²) in [6.45, 7) is 7.14. The highest BCUT2D eigenvalue weighted by molar-refractivity contribution is 5.76. The Bertz CT molecular complexity index is 234. The first-order valence-corrected chi connectivity index (χ1v) is 6.46. The Kier molecular flexibility index (Phi) is 4.78. The Morgan fingerprint density at radius 2 is 2.06 bits per heavy atom. The fraction of sp³-hybridized carbons (Fsp3) is 0.923. The van der Waals surface area contributed by atoms with Crippen molar-refractivity contribution in [1.29, 1.82) is 0 Å². The molecule has 3 nitrogen and oxygen atoms in total. The summed E-state index contributed by atoms with van der Waals surface area (Å²) >= 11 is 0. The maximum Gasteiger partial charge on any atom is 0.220 e. The Balaban J connectivity index is 2.19. The first-order valence-electron chi connectivity index (χ1n) is 6.46. The minimum absolute atomic E-state index is 0.00577. The van der Waals surface area contributed by atoms with E-state index in [1.165, 1.54) is 12.8 Å². The van der Waals surface area contributed by atoms with Crippen LogP contribution in [0, 0.1) is 11.8 Å². The molecule has 1 atom stereocenters. The van der Waals surface area contributed by atoms with E-state index in [4.69, 9.17) is 5.73 Å². The van der Waals surface area contributed by atoms with E-state index in [-0.39, 0.29) is 11.4 Å². The third-order valence-electron chi connectivity index (χ3n) is 3.58. The van der Waals surface area contributed by atoms with Gasteiger partial charge in [0.25, 0.3) is 0 Å². The van der Waals surface area contributed by atoms with Crippen molar-refractivity contribution in [1.82, 2.24) is 5.32 Å². The van der Waals surface area contributed by atoms with Gasteiger partial charge >= 0.3 is 0 Å². The van der Waals surface area contributed by atoms with E-state index in [1.54, 1.807) is 0 Å². The van der Waals surface area contributed by atoms with Crippen LogP contribution in [-0.4, -0.2) is 18.0 Å². The number of hydrogen-bond donors (Lipinski definition) is 2. The molecule has 94 valence electrons. The quantitative estimate of drug-likeness (QED) is 0.698. The molecule has 0 spiro atoms. The lowest BCUT2D eigenvalue weighted by molar-refractivity contribution is -0.123. The molecule has 0 heterocycles. The molecule has 1 aliphatic carbocycles. The number of rotatable bonds is 7. The molecule has 1 unspecified atom stereocenters. The van der Waals surface area contributed by atoms with Gasteiger partial charge in [-0.3, -0.25) is 4.79 Å². The van der Waals surface area contributed by atoms with Crippen molar-refractivity contribution >= 4 is 5.91 Å². The van der Waals surface area contributed by atoms with E-state index in [2.05, 4.69) is 26.1 Å². The maximum atomic E-state index is 11.8. The van der Waals surface area contributed by atoms with Crippen LogP contribution in [0.3, 0.4) is 0 Å². The van der Waals surface area contributed by atoms with Gasteiger partial charge in [0.2, 0.25) is 5.91 Å². The maximum absolute atomic E-state index is 11.8. The van der Waals surface area contributed by atoms with Crippen molar-refractivity contribution in [2.45, 2.75) is 58.4 Å². The van der Waals surface area contributed by atoms with Gasteiger partial charge in [-0.2, -0.15) is 0 Å². The van der Waals surface area contributed by atoms with Crippen LogP contribution in [-0.2, 0) is 4.79 Å². The summed E-state index contributed by atoms with van der Waals surface area (Å²) in [5, 5.41) is 3.15. The van der Waals surface area contributed by atoms with Crippen LogP contribution in [0.5, 0.6) is 0 Å². The Hall–Kier alpha value is -0.570. The molecule has 16 heavy (non-hydrogen) atoms. The highest BCUT2D eigenvalue weighted by Gasteiger charge is 2.38. The van der Waals surface area contributed by atoms with E-state index in [0.29, 0.717) is 18.3 Å². The second-order valence-electron chi connectivity index (χ2n) is 5.77. The molecule has 0 saturated heterocycles. The topological polar surface area (TPSA) is 55.1 Å². The van der Waals surface area contributed by atoms with Crippen LogP contribution in [0.15, 0.2) is 0 Å². The second kappa shape index (κ2) is 5.67. The SMILES string of the molecule is CC(CCN)CCC(=O)NC(C)(C)C1CC1. The van der Waals surface area contributed by atoms with Gasteiger partial charge in [0, 0.05) is 12.0 Å². The van der Waals surface area contributed by atoms with Crippen LogP contribution in [0.25, 0.3) is 0 Å². The third-order valence-corrected chi connectivity index (χ3v) is 3.58. The lowest BCUT2D eigenvalue weighted by Gasteiger charge is -2.26. The Morgan fingerprint density at radius 3 is 2.56 bits per heavy atom. The van der Waals surface area contributed by atoms with Crippen molar-refractivity contribution < 1.29 is 4.79 Å². The van der Waals surface area contributed by atoms with Crippen LogP contribution in [0.1, 0.15) is 52.9 Å². The molecule has 0 aromatic heterocycles. The van der Waals surface area contributed by atoms with E-state index < -0.39 is 0 Å². The normalized spacial score (nSPS) is 18.2. The lowest BCUT2D eigenvalue weighted by atomic mass is 9.97. The van der Waals surface area contributed by atoms with Gasteiger partial charge in [-0.25, -0.2) is 0 Å². The highest BCUT2D eigenvalue weighted by Crippen LogP contribution is 2.39. The minimum atomic E-state index is -0.00577. The summed E-state index contributed by atoms with van der Waals surface area (Å²) < 4.78 is 0. The van der Waals surface area contributed by atoms with Gasteiger partial charge in [-0.1, -0.05) is 6.92 Å². The van der Waals surface area contributed by atoms with E-state index >= 15 is 0 Å². The fourth-order valence-corrected chi connectivity index (χ4v) is 2.14. The molecular formula is C13H26N2O. The van der Waals surface area contributed by atoms with Crippen LogP contribution in [0.2, 0.25) is 0 Å². The van der Waals surface area contributed by atoms with Crippen LogP contribution in [0.4, 0.5) is 0 Å². The molecule has 0 aromatic carbocycles. The van der Waals surface area contributed by atoms with Crippen LogP contribution < -0.4 is 11.1 Å². The van der Waals surface area contributed by atoms with Crippen molar-refractivity contribution in [2.75, 3.05) is 6.54 Å². The van der Waals surface area contributed by atoms with Crippen molar-refractivity contribution in [3.8, 4) is 0 Å². The molecule has 1 fully saturated rings. The predicted octanol–water partition coefficient (Wildman–Crippen LogP) is 2.06. The molecule has 1 aliphatic rings. The zero-order valence-electron chi connectivity index (χ0n) is 10.9. The third kappa shape index (κ3) is 4.52. The molecule has 0 aliphatic heterocycles. The first kappa shape index (κ1) is 13.5. The van der Waals surface area contributed by atoms with E-state index in [1.807, 2.05) is 0 Å².